The molecule has 2 aromatic rings. The summed E-state index contributed by atoms with van der Waals surface area (Å²) in [5.74, 6) is -0.174. The van der Waals surface area contributed by atoms with Crippen LogP contribution in [0.3, 0.4) is 0 Å². The first-order valence-electron chi connectivity index (χ1n) is 12.2. The molecule has 0 spiro atoms. The first-order valence-corrected chi connectivity index (χ1v) is 14.8. The smallest absolute Gasteiger partial charge is 0.244 e. The highest BCUT2D eigenvalue weighted by Crippen LogP contribution is 2.33. The third-order valence-electron chi connectivity index (χ3n) is 6.51. The van der Waals surface area contributed by atoms with Crippen LogP contribution in [0, 0.1) is 0 Å². The number of anilines is 1. The van der Waals surface area contributed by atoms with Crippen LogP contribution in [0.15, 0.2) is 42.5 Å². The summed E-state index contributed by atoms with van der Waals surface area (Å²) >= 11 is 12.4. The summed E-state index contributed by atoms with van der Waals surface area (Å²) in [5.41, 5.74) is 0.854. The van der Waals surface area contributed by atoms with E-state index in [1.54, 1.807) is 44.4 Å². The lowest BCUT2D eigenvalue weighted by atomic mass is 9.95. The van der Waals surface area contributed by atoms with Gasteiger partial charge in [-0.05, 0) is 49.6 Å². The number of ether oxygens (including phenoxy) is 1. The summed E-state index contributed by atoms with van der Waals surface area (Å²) in [6.45, 7) is 1.20. The lowest BCUT2D eigenvalue weighted by molar-refractivity contribution is -0.139. The van der Waals surface area contributed by atoms with Gasteiger partial charge in [0.15, 0.2) is 0 Å². The fourth-order valence-electron chi connectivity index (χ4n) is 4.36. The maximum Gasteiger partial charge on any atom is 0.244 e. The Morgan fingerprint density at radius 3 is 2.32 bits per heavy atom. The number of halogens is 2. The van der Waals surface area contributed by atoms with Crippen molar-refractivity contribution in [2.45, 2.75) is 57.7 Å². The van der Waals surface area contributed by atoms with Crippen molar-refractivity contribution in [1.29, 1.82) is 0 Å². The topological polar surface area (TPSA) is 96.0 Å². The predicted molar refractivity (Wildman–Crippen MR) is 147 cm³/mol. The molecule has 11 heteroatoms. The van der Waals surface area contributed by atoms with E-state index in [2.05, 4.69) is 5.32 Å². The summed E-state index contributed by atoms with van der Waals surface area (Å²) in [6.07, 6.45) is 6.05. The quantitative estimate of drug-likeness (QED) is 0.449. The van der Waals surface area contributed by atoms with E-state index >= 15 is 0 Å². The zero-order valence-electron chi connectivity index (χ0n) is 21.2. The number of sulfonamides is 1. The fourth-order valence-corrected chi connectivity index (χ4v) is 5.66. The van der Waals surface area contributed by atoms with Gasteiger partial charge in [-0.2, -0.15) is 0 Å². The van der Waals surface area contributed by atoms with Gasteiger partial charge in [0, 0.05) is 12.6 Å². The van der Waals surface area contributed by atoms with Gasteiger partial charge in [0.05, 0.1) is 29.1 Å². The zero-order chi connectivity index (χ0) is 27.2. The molecule has 0 bridgehead atoms. The molecule has 1 aliphatic rings. The highest BCUT2D eigenvalue weighted by atomic mass is 35.5. The van der Waals surface area contributed by atoms with Crippen LogP contribution in [0.4, 0.5) is 5.69 Å². The van der Waals surface area contributed by atoms with Gasteiger partial charge < -0.3 is 15.0 Å². The maximum absolute atomic E-state index is 13.7. The SMILES string of the molecule is COc1ccc(CN(C(=O)CN(c2cccc(Cl)c2Cl)S(C)(=O)=O)[C@H](C)C(=O)NC2CCCCC2)cc1. The third kappa shape index (κ3) is 7.75. The molecule has 2 amide bonds. The van der Waals surface area contributed by atoms with Gasteiger partial charge in [0.25, 0.3) is 0 Å². The van der Waals surface area contributed by atoms with Crippen molar-refractivity contribution < 1.29 is 22.7 Å². The summed E-state index contributed by atoms with van der Waals surface area (Å²) in [7, 11) is -2.35. The van der Waals surface area contributed by atoms with Gasteiger partial charge in [-0.15, -0.1) is 0 Å². The van der Waals surface area contributed by atoms with Crippen molar-refractivity contribution in [2.75, 3.05) is 24.2 Å². The first kappa shape index (κ1) is 29.1. The van der Waals surface area contributed by atoms with Crippen LogP contribution >= 0.6 is 23.2 Å². The Kier molecular flexibility index (Phi) is 10.1. The van der Waals surface area contributed by atoms with Crippen LogP contribution in [0.25, 0.3) is 0 Å². The van der Waals surface area contributed by atoms with Gasteiger partial charge in [-0.1, -0.05) is 60.7 Å². The highest BCUT2D eigenvalue weighted by Gasteiger charge is 2.32. The van der Waals surface area contributed by atoms with Crippen molar-refractivity contribution in [3.63, 3.8) is 0 Å². The van der Waals surface area contributed by atoms with Crippen LogP contribution in [-0.2, 0) is 26.2 Å². The summed E-state index contributed by atoms with van der Waals surface area (Å²) in [4.78, 5) is 28.3. The molecule has 3 rings (SSSR count). The zero-order valence-corrected chi connectivity index (χ0v) is 23.6. The average molecular weight is 571 g/mol. The summed E-state index contributed by atoms with van der Waals surface area (Å²) in [5, 5.41) is 3.25. The Balaban J connectivity index is 1.90. The molecule has 0 unspecified atom stereocenters. The normalized spacial score (nSPS) is 15.1. The van der Waals surface area contributed by atoms with Crippen LogP contribution in [0.2, 0.25) is 10.0 Å². The minimum Gasteiger partial charge on any atom is -0.497 e. The molecule has 1 aliphatic carbocycles. The second-order valence-electron chi connectivity index (χ2n) is 9.23. The lowest BCUT2D eigenvalue weighted by Crippen LogP contribution is -2.53. The number of benzene rings is 2. The van der Waals surface area contributed by atoms with E-state index in [0.717, 1.165) is 48.2 Å². The monoisotopic (exact) mass is 569 g/mol. The van der Waals surface area contributed by atoms with E-state index in [-0.39, 0.29) is 34.2 Å². The molecule has 8 nitrogen and oxygen atoms in total. The van der Waals surface area contributed by atoms with Gasteiger partial charge in [0.2, 0.25) is 21.8 Å². The minimum atomic E-state index is -3.91. The molecule has 0 aliphatic heterocycles. The summed E-state index contributed by atoms with van der Waals surface area (Å²) < 4.78 is 31.5. The van der Waals surface area contributed by atoms with Gasteiger partial charge >= 0.3 is 0 Å². The number of methoxy groups -OCH3 is 1. The van der Waals surface area contributed by atoms with Crippen molar-refractivity contribution in [3.05, 3.63) is 58.1 Å². The number of nitrogens with one attached hydrogen (secondary N) is 1. The number of hydrogen-bond acceptors (Lipinski definition) is 5. The number of hydrogen-bond donors (Lipinski definition) is 1. The second kappa shape index (κ2) is 12.8. The molecule has 2 aromatic carbocycles. The van der Waals surface area contributed by atoms with Crippen molar-refractivity contribution in [3.8, 4) is 5.75 Å². The molecule has 0 aromatic heterocycles. The molecule has 1 N–H and O–H groups in total. The molecular formula is C26H33Cl2N3O5S. The molecule has 1 fully saturated rings. The van der Waals surface area contributed by atoms with Crippen molar-refractivity contribution >= 4 is 50.7 Å². The molecule has 1 atom stereocenters. The van der Waals surface area contributed by atoms with E-state index in [9.17, 15) is 18.0 Å². The standard InChI is InChI=1S/C26H33Cl2N3O5S/c1-18(26(33)29-20-8-5-4-6-9-20)30(16-19-12-14-21(36-2)15-13-19)24(32)17-31(37(3,34)35)23-11-7-10-22(27)25(23)28/h7,10-15,18,20H,4-6,8-9,16-17H2,1-3H3,(H,29,33)/t18-/m1/s1. The van der Waals surface area contributed by atoms with E-state index in [0.29, 0.717) is 5.75 Å². The van der Waals surface area contributed by atoms with Gasteiger partial charge in [-0.3, -0.25) is 13.9 Å². The van der Waals surface area contributed by atoms with E-state index in [4.69, 9.17) is 27.9 Å². The Morgan fingerprint density at radius 2 is 1.73 bits per heavy atom. The molecule has 0 saturated heterocycles. The lowest BCUT2D eigenvalue weighted by Gasteiger charge is -2.33. The third-order valence-corrected chi connectivity index (χ3v) is 8.45. The van der Waals surface area contributed by atoms with Crippen LogP contribution in [-0.4, -0.2) is 57.1 Å². The number of nitrogens with zero attached hydrogens (tertiary/aromatic N) is 2. The second-order valence-corrected chi connectivity index (χ2v) is 11.9. The molecule has 37 heavy (non-hydrogen) atoms. The van der Waals surface area contributed by atoms with E-state index in [1.165, 1.54) is 17.0 Å². The molecule has 0 radical (unpaired) electrons. The van der Waals surface area contributed by atoms with Crippen molar-refractivity contribution in [1.82, 2.24) is 10.2 Å². The molecular weight excluding hydrogens is 537 g/mol. The van der Waals surface area contributed by atoms with E-state index in [1.807, 2.05) is 0 Å². The molecule has 1 saturated carbocycles. The Hall–Kier alpha value is -2.49. The maximum atomic E-state index is 13.7. The van der Waals surface area contributed by atoms with Gasteiger partial charge in [-0.25, -0.2) is 8.42 Å². The van der Waals surface area contributed by atoms with Crippen molar-refractivity contribution in [2.24, 2.45) is 0 Å². The van der Waals surface area contributed by atoms with E-state index < -0.39 is 28.5 Å². The highest BCUT2D eigenvalue weighted by molar-refractivity contribution is 7.92. The number of rotatable bonds is 10. The van der Waals surface area contributed by atoms with Crippen LogP contribution in [0.1, 0.15) is 44.6 Å². The number of carbonyl (C=O) groups is 2. The van der Waals surface area contributed by atoms with Crippen LogP contribution in [0.5, 0.6) is 5.75 Å². The molecule has 0 heterocycles. The minimum absolute atomic E-state index is 0.0205. The Morgan fingerprint density at radius 1 is 1.08 bits per heavy atom. The predicted octanol–water partition coefficient (Wildman–Crippen LogP) is 4.63. The largest absolute Gasteiger partial charge is 0.497 e. The number of carbonyl (C=O) groups excluding carboxylic acids is 2. The molecule has 202 valence electrons. The Labute approximate surface area is 228 Å². The first-order chi connectivity index (χ1) is 17.5. The number of amides is 2. The average Bonchev–Trinajstić information content (AvgIpc) is 2.87. The summed E-state index contributed by atoms with van der Waals surface area (Å²) in [6, 6.07) is 10.9. The van der Waals surface area contributed by atoms with Gasteiger partial charge in [0.1, 0.15) is 18.3 Å². The Bertz CT molecular complexity index is 1200. The van der Waals surface area contributed by atoms with Crippen LogP contribution < -0.4 is 14.4 Å². The fraction of sp³-hybridized carbons (Fsp3) is 0.462.